The molecule has 1 aromatic rings. The summed E-state index contributed by atoms with van der Waals surface area (Å²) in [5, 5.41) is 13.7. The second-order valence-electron chi connectivity index (χ2n) is 3.65. The van der Waals surface area contributed by atoms with Gasteiger partial charge in [0, 0.05) is 24.4 Å². The third-order valence-corrected chi connectivity index (χ3v) is 2.67. The molecule has 0 bridgehead atoms. The van der Waals surface area contributed by atoms with Crippen molar-refractivity contribution in [1.29, 1.82) is 0 Å². The van der Waals surface area contributed by atoms with Crippen molar-refractivity contribution in [3.8, 4) is 0 Å². The molecule has 4 nitrogen and oxygen atoms in total. The molecule has 1 unspecified atom stereocenters. The number of nitrogens with one attached hydrogen (secondary N) is 1. The average Bonchev–Trinajstić information content (AvgIpc) is 2.17. The Kier molecular flexibility index (Phi) is 2.11. The van der Waals surface area contributed by atoms with Gasteiger partial charge < -0.3 is 5.32 Å². The fourth-order valence-corrected chi connectivity index (χ4v) is 1.82. The maximum Gasteiger partial charge on any atom is 0.271 e. The summed E-state index contributed by atoms with van der Waals surface area (Å²) in [6, 6.07) is 5.04. The van der Waals surface area contributed by atoms with Crippen LogP contribution in [0.4, 0.5) is 11.4 Å². The molecule has 1 aliphatic heterocycles. The lowest BCUT2D eigenvalue weighted by Crippen LogP contribution is -2.14. The molecule has 0 radical (unpaired) electrons. The van der Waals surface area contributed by atoms with Crippen molar-refractivity contribution in [2.24, 2.45) is 0 Å². The summed E-state index contributed by atoms with van der Waals surface area (Å²) in [5.74, 6) is 0.493. The minimum atomic E-state index is -0.360. The number of non-ortho nitro benzene ring substituents is 1. The van der Waals surface area contributed by atoms with Crippen LogP contribution in [0.2, 0.25) is 0 Å². The molecule has 1 N–H and O–H groups in total. The first kappa shape index (κ1) is 8.99. The molecule has 0 aliphatic carbocycles. The number of nitro groups is 1. The lowest BCUT2D eigenvalue weighted by molar-refractivity contribution is -0.384. The topological polar surface area (TPSA) is 55.2 Å². The Balaban J connectivity index is 2.44. The van der Waals surface area contributed by atoms with E-state index in [-0.39, 0.29) is 10.6 Å². The third-order valence-electron chi connectivity index (χ3n) is 2.67. The van der Waals surface area contributed by atoms with Gasteiger partial charge in [-0.2, -0.15) is 0 Å². The lowest BCUT2D eigenvalue weighted by atomic mass is 9.92. The zero-order valence-electron chi connectivity index (χ0n) is 7.99. The van der Waals surface area contributed by atoms with Gasteiger partial charge in [-0.3, -0.25) is 10.1 Å². The van der Waals surface area contributed by atoms with Crippen molar-refractivity contribution in [3.63, 3.8) is 0 Å². The Bertz CT molecular complexity index is 376. The van der Waals surface area contributed by atoms with Gasteiger partial charge in [-0.15, -0.1) is 0 Å². The normalized spacial score (nSPS) is 19.6. The van der Waals surface area contributed by atoms with Crippen LogP contribution in [-0.2, 0) is 0 Å². The SMILES string of the molecule is CC1CCNc2cc([N+](=O)[O-])ccc21. The highest BCUT2D eigenvalue weighted by Gasteiger charge is 2.18. The second kappa shape index (κ2) is 3.29. The van der Waals surface area contributed by atoms with E-state index in [1.807, 2.05) is 6.07 Å². The van der Waals surface area contributed by atoms with E-state index in [1.165, 1.54) is 5.56 Å². The van der Waals surface area contributed by atoms with E-state index in [2.05, 4.69) is 12.2 Å². The Morgan fingerprint density at radius 1 is 1.57 bits per heavy atom. The summed E-state index contributed by atoms with van der Waals surface area (Å²) in [5.41, 5.74) is 2.25. The number of nitro benzene ring substituents is 1. The summed E-state index contributed by atoms with van der Waals surface area (Å²) in [6.07, 6.45) is 1.09. The van der Waals surface area contributed by atoms with Crippen LogP contribution in [0.1, 0.15) is 24.8 Å². The fraction of sp³-hybridized carbons (Fsp3) is 0.400. The standard InChI is InChI=1S/C10H12N2O2/c1-7-4-5-11-10-6-8(12(13)14)2-3-9(7)10/h2-3,6-7,11H,4-5H2,1H3. The highest BCUT2D eigenvalue weighted by molar-refractivity contribution is 5.59. The molecule has 1 atom stereocenters. The van der Waals surface area contributed by atoms with E-state index < -0.39 is 0 Å². The zero-order chi connectivity index (χ0) is 10.1. The van der Waals surface area contributed by atoms with Crippen LogP contribution in [0, 0.1) is 10.1 Å². The number of nitrogens with zero attached hydrogens (tertiary/aromatic N) is 1. The Labute approximate surface area is 82.1 Å². The molecule has 0 saturated carbocycles. The predicted octanol–water partition coefficient (Wildman–Crippen LogP) is 2.51. The van der Waals surface area contributed by atoms with Crippen LogP contribution >= 0.6 is 0 Å². The van der Waals surface area contributed by atoms with Crippen LogP contribution < -0.4 is 5.32 Å². The van der Waals surface area contributed by atoms with Gasteiger partial charge in [0.05, 0.1) is 4.92 Å². The first-order valence-corrected chi connectivity index (χ1v) is 4.70. The average molecular weight is 192 g/mol. The van der Waals surface area contributed by atoms with Gasteiger partial charge in [0.1, 0.15) is 0 Å². The van der Waals surface area contributed by atoms with E-state index in [9.17, 15) is 10.1 Å². The first-order valence-electron chi connectivity index (χ1n) is 4.70. The van der Waals surface area contributed by atoms with Crippen LogP contribution in [0.15, 0.2) is 18.2 Å². The molecule has 74 valence electrons. The highest BCUT2D eigenvalue weighted by Crippen LogP contribution is 2.33. The molecular formula is C10H12N2O2. The molecule has 0 saturated heterocycles. The third kappa shape index (κ3) is 1.43. The molecule has 2 rings (SSSR count). The molecule has 0 fully saturated rings. The molecule has 0 spiro atoms. The minimum Gasteiger partial charge on any atom is -0.385 e. The summed E-state index contributed by atoms with van der Waals surface area (Å²) in [4.78, 5) is 10.2. The van der Waals surface area contributed by atoms with Gasteiger partial charge in [0.2, 0.25) is 0 Å². The maximum atomic E-state index is 10.5. The molecule has 1 heterocycles. The molecule has 14 heavy (non-hydrogen) atoms. The minimum absolute atomic E-state index is 0.158. The van der Waals surface area contributed by atoms with Crippen LogP contribution in [0.5, 0.6) is 0 Å². The van der Waals surface area contributed by atoms with E-state index in [0.717, 1.165) is 18.7 Å². The predicted molar refractivity (Wildman–Crippen MR) is 54.6 cm³/mol. The summed E-state index contributed by atoms with van der Waals surface area (Å²) in [7, 11) is 0. The smallest absolute Gasteiger partial charge is 0.271 e. The number of anilines is 1. The zero-order valence-corrected chi connectivity index (χ0v) is 7.99. The van der Waals surface area contributed by atoms with E-state index in [0.29, 0.717) is 5.92 Å². The number of hydrogen-bond acceptors (Lipinski definition) is 3. The van der Waals surface area contributed by atoms with E-state index in [4.69, 9.17) is 0 Å². The number of fused-ring (bicyclic) bond motifs is 1. The molecule has 1 aliphatic rings. The Hall–Kier alpha value is -1.58. The lowest BCUT2D eigenvalue weighted by Gasteiger charge is -2.23. The molecule has 4 heteroatoms. The quantitative estimate of drug-likeness (QED) is 0.549. The van der Waals surface area contributed by atoms with Gasteiger partial charge in [-0.25, -0.2) is 0 Å². The molecule has 0 aromatic heterocycles. The molecular weight excluding hydrogens is 180 g/mol. The van der Waals surface area contributed by atoms with Crippen LogP contribution in [0.3, 0.4) is 0 Å². The van der Waals surface area contributed by atoms with Crippen LogP contribution in [-0.4, -0.2) is 11.5 Å². The van der Waals surface area contributed by atoms with Gasteiger partial charge in [-0.1, -0.05) is 6.92 Å². The number of rotatable bonds is 1. The van der Waals surface area contributed by atoms with Crippen molar-refractivity contribution < 1.29 is 4.92 Å². The van der Waals surface area contributed by atoms with Crippen molar-refractivity contribution in [3.05, 3.63) is 33.9 Å². The van der Waals surface area contributed by atoms with Crippen molar-refractivity contribution in [1.82, 2.24) is 0 Å². The van der Waals surface area contributed by atoms with Gasteiger partial charge in [0.25, 0.3) is 5.69 Å². The largest absolute Gasteiger partial charge is 0.385 e. The highest BCUT2D eigenvalue weighted by atomic mass is 16.6. The molecule has 0 amide bonds. The first-order chi connectivity index (χ1) is 6.68. The summed E-state index contributed by atoms with van der Waals surface area (Å²) < 4.78 is 0. The van der Waals surface area contributed by atoms with Gasteiger partial charge in [0.15, 0.2) is 0 Å². The number of benzene rings is 1. The van der Waals surface area contributed by atoms with Gasteiger partial charge >= 0.3 is 0 Å². The van der Waals surface area contributed by atoms with Crippen molar-refractivity contribution in [2.45, 2.75) is 19.3 Å². The summed E-state index contributed by atoms with van der Waals surface area (Å²) in [6.45, 7) is 3.04. The Morgan fingerprint density at radius 2 is 2.36 bits per heavy atom. The van der Waals surface area contributed by atoms with Crippen molar-refractivity contribution >= 4 is 11.4 Å². The maximum absolute atomic E-state index is 10.5. The van der Waals surface area contributed by atoms with Crippen LogP contribution in [0.25, 0.3) is 0 Å². The van der Waals surface area contributed by atoms with E-state index in [1.54, 1.807) is 12.1 Å². The second-order valence-corrected chi connectivity index (χ2v) is 3.65. The summed E-state index contributed by atoms with van der Waals surface area (Å²) >= 11 is 0. The van der Waals surface area contributed by atoms with E-state index >= 15 is 0 Å². The monoisotopic (exact) mass is 192 g/mol. The number of hydrogen-bond donors (Lipinski definition) is 1. The molecule has 1 aromatic carbocycles. The Morgan fingerprint density at radius 3 is 3.07 bits per heavy atom. The van der Waals surface area contributed by atoms with Crippen molar-refractivity contribution in [2.75, 3.05) is 11.9 Å². The fourth-order valence-electron chi connectivity index (χ4n) is 1.82. The van der Waals surface area contributed by atoms with Gasteiger partial charge in [-0.05, 0) is 24.0 Å².